The van der Waals surface area contributed by atoms with Gasteiger partial charge in [0.1, 0.15) is 11.8 Å². The number of hydrogen-bond acceptors (Lipinski definition) is 3. The largest absolute Gasteiger partial charge is 0.479 e. The Kier molecular flexibility index (Phi) is 5.09. The fourth-order valence-corrected chi connectivity index (χ4v) is 2.86. The van der Waals surface area contributed by atoms with Gasteiger partial charge in [-0.25, -0.2) is 0 Å². The van der Waals surface area contributed by atoms with Crippen LogP contribution in [0.3, 0.4) is 0 Å². The van der Waals surface area contributed by atoms with Crippen LogP contribution >= 0.6 is 0 Å². The van der Waals surface area contributed by atoms with Gasteiger partial charge in [-0.05, 0) is 43.0 Å². The highest BCUT2D eigenvalue weighted by molar-refractivity contribution is 5.47. The molecular weight excluding hydrogens is 236 g/mol. The molecule has 0 aromatic heterocycles. The lowest BCUT2D eigenvalue weighted by Gasteiger charge is -2.32. The van der Waals surface area contributed by atoms with Gasteiger partial charge in [-0.3, -0.25) is 0 Å². The topological polar surface area (TPSA) is 45.0 Å². The van der Waals surface area contributed by atoms with Gasteiger partial charge in [-0.1, -0.05) is 26.2 Å². The summed E-state index contributed by atoms with van der Waals surface area (Å²) < 4.78 is 5.25. The molecule has 2 unspecified atom stereocenters. The smallest absolute Gasteiger partial charge is 0.174 e. The van der Waals surface area contributed by atoms with Crippen LogP contribution in [0.5, 0.6) is 5.75 Å². The molecule has 1 aliphatic rings. The first-order valence-electron chi connectivity index (χ1n) is 7.20. The molecule has 0 aliphatic heterocycles. The van der Waals surface area contributed by atoms with E-state index in [1.807, 2.05) is 30.3 Å². The number of anilines is 1. The molecule has 3 nitrogen and oxygen atoms in total. The van der Waals surface area contributed by atoms with E-state index in [0.29, 0.717) is 6.04 Å². The minimum absolute atomic E-state index is 0.104. The second kappa shape index (κ2) is 7.04. The molecule has 1 aliphatic carbocycles. The van der Waals surface area contributed by atoms with Gasteiger partial charge in [-0.15, -0.1) is 0 Å². The van der Waals surface area contributed by atoms with Gasteiger partial charge in [0.2, 0.25) is 0 Å². The van der Waals surface area contributed by atoms with E-state index in [2.05, 4.69) is 12.2 Å². The summed E-state index contributed by atoms with van der Waals surface area (Å²) in [6.45, 7) is 2.39. The average Bonchev–Trinajstić information content (AvgIpc) is 2.47. The van der Waals surface area contributed by atoms with Gasteiger partial charge in [0.05, 0.1) is 0 Å². The molecule has 3 heteroatoms. The van der Waals surface area contributed by atoms with Crippen LogP contribution < -0.4 is 10.1 Å². The lowest BCUT2D eigenvalue weighted by molar-refractivity contribution is 0.317. The predicted molar refractivity (Wildman–Crippen MR) is 77.2 cm³/mol. The number of hydrogen-bond donors (Lipinski definition) is 1. The van der Waals surface area contributed by atoms with Crippen LogP contribution in [0, 0.1) is 17.2 Å². The lowest BCUT2D eigenvalue weighted by Crippen LogP contribution is -2.31. The highest BCUT2D eigenvalue weighted by atomic mass is 16.5. The first-order chi connectivity index (χ1) is 9.33. The van der Waals surface area contributed by atoms with Crippen molar-refractivity contribution in [3.8, 4) is 11.8 Å². The molecule has 19 heavy (non-hydrogen) atoms. The number of rotatable bonds is 5. The maximum absolute atomic E-state index is 8.47. The number of nitriles is 1. The highest BCUT2D eigenvalue weighted by Crippen LogP contribution is 2.29. The summed E-state index contributed by atoms with van der Waals surface area (Å²) in [6, 6.07) is 10.5. The highest BCUT2D eigenvalue weighted by Gasteiger charge is 2.23. The van der Waals surface area contributed by atoms with Crippen LogP contribution in [0.1, 0.15) is 39.0 Å². The summed E-state index contributed by atoms with van der Waals surface area (Å²) in [5, 5.41) is 12.1. The average molecular weight is 258 g/mol. The minimum atomic E-state index is 0.104. The van der Waals surface area contributed by atoms with Crippen LogP contribution in [0.2, 0.25) is 0 Å². The minimum Gasteiger partial charge on any atom is -0.479 e. The number of nitrogens with zero attached hydrogens (tertiary/aromatic N) is 1. The van der Waals surface area contributed by atoms with Crippen LogP contribution in [0.15, 0.2) is 24.3 Å². The Labute approximate surface area is 115 Å². The van der Waals surface area contributed by atoms with E-state index in [9.17, 15) is 0 Å². The van der Waals surface area contributed by atoms with Crippen molar-refractivity contribution >= 4 is 5.69 Å². The fraction of sp³-hybridized carbons (Fsp3) is 0.562. The van der Waals surface area contributed by atoms with Gasteiger partial charge >= 0.3 is 0 Å². The van der Waals surface area contributed by atoms with Crippen molar-refractivity contribution in [3.63, 3.8) is 0 Å². The Morgan fingerprint density at radius 3 is 2.68 bits per heavy atom. The molecule has 102 valence electrons. The molecule has 1 N–H and O–H groups in total. The lowest BCUT2D eigenvalue weighted by atomic mass is 9.83. The summed E-state index contributed by atoms with van der Waals surface area (Å²) in [7, 11) is 0. The van der Waals surface area contributed by atoms with Crippen molar-refractivity contribution in [2.75, 3.05) is 11.9 Å². The third-order valence-electron chi connectivity index (χ3n) is 3.94. The second-order valence-corrected chi connectivity index (χ2v) is 5.17. The molecule has 0 radical (unpaired) electrons. The summed E-state index contributed by atoms with van der Waals surface area (Å²) >= 11 is 0. The summed E-state index contributed by atoms with van der Waals surface area (Å²) in [4.78, 5) is 0. The van der Waals surface area contributed by atoms with Crippen LogP contribution in [-0.4, -0.2) is 12.6 Å². The molecular formula is C16H22N2O. The molecule has 1 aromatic rings. The van der Waals surface area contributed by atoms with Gasteiger partial charge in [0.25, 0.3) is 0 Å². The molecule has 2 atom stereocenters. The molecule has 0 saturated heterocycles. The van der Waals surface area contributed by atoms with Gasteiger partial charge in [0.15, 0.2) is 6.61 Å². The van der Waals surface area contributed by atoms with Crippen molar-refractivity contribution in [1.29, 1.82) is 5.26 Å². The molecule has 0 amide bonds. The normalized spacial score (nSPS) is 22.5. The van der Waals surface area contributed by atoms with Gasteiger partial charge in [-0.2, -0.15) is 5.26 Å². The van der Waals surface area contributed by atoms with Crippen molar-refractivity contribution in [2.24, 2.45) is 5.92 Å². The van der Waals surface area contributed by atoms with Crippen molar-refractivity contribution in [1.82, 2.24) is 0 Å². The summed E-state index contributed by atoms with van der Waals surface area (Å²) in [6.07, 6.45) is 6.57. The molecule has 1 aromatic carbocycles. The van der Waals surface area contributed by atoms with E-state index in [1.54, 1.807) is 0 Å². The monoisotopic (exact) mass is 258 g/mol. The van der Waals surface area contributed by atoms with Crippen LogP contribution in [0.4, 0.5) is 5.69 Å². The summed E-state index contributed by atoms with van der Waals surface area (Å²) in [5.41, 5.74) is 1.15. The zero-order valence-electron chi connectivity index (χ0n) is 11.6. The number of benzene rings is 1. The van der Waals surface area contributed by atoms with E-state index < -0.39 is 0 Å². The zero-order valence-corrected chi connectivity index (χ0v) is 11.6. The molecule has 0 spiro atoms. The molecule has 1 fully saturated rings. The van der Waals surface area contributed by atoms with Crippen molar-refractivity contribution in [2.45, 2.75) is 45.1 Å². The Morgan fingerprint density at radius 2 is 2.00 bits per heavy atom. The van der Waals surface area contributed by atoms with Crippen molar-refractivity contribution < 1.29 is 4.74 Å². The van der Waals surface area contributed by atoms with Gasteiger partial charge < -0.3 is 10.1 Å². The first kappa shape index (κ1) is 13.7. The molecule has 2 rings (SSSR count). The number of ether oxygens (including phenoxy) is 1. The molecule has 1 saturated carbocycles. The Morgan fingerprint density at radius 1 is 1.26 bits per heavy atom. The van der Waals surface area contributed by atoms with E-state index >= 15 is 0 Å². The van der Waals surface area contributed by atoms with E-state index in [0.717, 1.165) is 17.4 Å². The maximum atomic E-state index is 8.47. The van der Waals surface area contributed by atoms with E-state index in [1.165, 1.54) is 32.1 Å². The molecule has 0 heterocycles. The third kappa shape index (κ3) is 3.89. The number of nitrogens with one attached hydrogen (secondary N) is 1. The fourth-order valence-electron chi connectivity index (χ4n) is 2.86. The van der Waals surface area contributed by atoms with Gasteiger partial charge in [0, 0.05) is 11.7 Å². The first-order valence-corrected chi connectivity index (χ1v) is 7.20. The van der Waals surface area contributed by atoms with E-state index in [4.69, 9.17) is 10.00 Å². The van der Waals surface area contributed by atoms with Crippen molar-refractivity contribution in [3.05, 3.63) is 24.3 Å². The zero-order chi connectivity index (χ0) is 13.5. The Hall–Kier alpha value is -1.69. The maximum Gasteiger partial charge on any atom is 0.174 e. The summed E-state index contributed by atoms with van der Waals surface area (Å²) in [5.74, 6) is 1.55. The SMILES string of the molecule is CCC1CCCCC1Nc1ccc(OCC#N)cc1. The quantitative estimate of drug-likeness (QED) is 0.869. The van der Waals surface area contributed by atoms with Crippen LogP contribution in [0.25, 0.3) is 0 Å². The second-order valence-electron chi connectivity index (χ2n) is 5.17. The third-order valence-corrected chi connectivity index (χ3v) is 3.94. The van der Waals surface area contributed by atoms with Crippen LogP contribution in [-0.2, 0) is 0 Å². The predicted octanol–water partition coefficient (Wildman–Crippen LogP) is 3.97. The molecule has 0 bridgehead atoms. The van der Waals surface area contributed by atoms with E-state index in [-0.39, 0.29) is 6.61 Å². The Balaban J connectivity index is 1.93. The standard InChI is InChI=1S/C16H22N2O/c1-2-13-5-3-4-6-16(13)18-14-7-9-15(10-8-14)19-12-11-17/h7-10,13,16,18H,2-6,12H2,1H3. The Bertz CT molecular complexity index is 421.